The zero-order valence-electron chi connectivity index (χ0n) is 19.1. The summed E-state index contributed by atoms with van der Waals surface area (Å²) in [6.07, 6.45) is 0.580. The van der Waals surface area contributed by atoms with Gasteiger partial charge in [-0.15, -0.1) is 0 Å². The number of hydrogen-bond acceptors (Lipinski definition) is 8. The predicted octanol–water partition coefficient (Wildman–Crippen LogP) is 3.83. The lowest BCUT2D eigenvalue weighted by Crippen LogP contribution is -2.36. The Hall–Kier alpha value is -3.07. The number of nitro benzene ring substituents is 1. The van der Waals surface area contributed by atoms with Crippen LogP contribution in [-0.4, -0.2) is 55.0 Å². The molecule has 172 valence electrons. The monoisotopic (exact) mass is 443 g/mol. The van der Waals surface area contributed by atoms with Gasteiger partial charge in [0.15, 0.2) is 0 Å². The van der Waals surface area contributed by atoms with Crippen LogP contribution in [0.5, 0.6) is 0 Å². The number of carbonyl (C=O) groups is 1. The van der Waals surface area contributed by atoms with Crippen LogP contribution in [0, 0.1) is 16.0 Å². The highest BCUT2D eigenvalue weighted by molar-refractivity contribution is 6.08. The van der Waals surface area contributed by atoms with Gasteiger partial charge in [0, 0.05) is 42.1 Å². The van der Waals surface area contributed by atoms with Crippen molar-refractivity contribution < 1.29 is 23.9 Å². The van der Waals surface area contributed by atoms with Gasteiger partial charge in [-0.2, -0.15) is 0 Å². The van der Waals surface area contributed by atoms with E-state index in [2.05, 4.69) is 0 Å². The minimum Gasteiger partial charge on any atom is -0.475 e. The smallest absolute Gasteiger partial charge is 0.315 e. The van der Waals surface area contributed by atoms with Crippen LogP contribution >= 0.6 is 0 Å². The molecule has 3 rings (SSSR count). The number of ether oxygens (including phenoxy) is 3. The van der Waals surface area contributed by atoms with Gasteiger partial charge in [0.2, 0.25) is 5.90 Å². The van der Waals surface area contributed by atoms with Gasteiger partial charge >= 0.3 is 5.97 Å². The quantitative estimate of drug-likeness (QED) is 0.343. The summed E-state index contributed by atoms with van der Waals surface area (Å²) in [5.74, 6) is -1.37. The van der Waals surface area contributed by atoms with Crippen LogP contribution in [0.1, 0.15) is 45.6 Å². The first-order valence-corrected chi connectivity index (χ1v) is 10.7. The number of non-ortho nitro benzene ring substituents is 1. The fraction of sp³-hybridized carbons (Fsp3) is 0.522. The minimum atomic E-state index is -0.747. The SMILES string of the molecule is CCOC(=O)C1C(C)=NC(CC)=C(C2=NC(C)(COC)CO2)C1c1cccc([N+](=O)[O-])c1. The number of rotatable bonds is 8. The van der Waals surface area contributed by atoms with Crippen LogP contribution in [0.4, 0.5) is 5.69 Å². The topological polar surface area (TPSA) is 113 Å². The zero-order chi connectivity index (χ0) is 23.5. The van der Waals surface area contributed by atoms with Crippen molar-refractivity contribution in [2.45, 2.75) is 45.6 Å². The molecule has 3 atom stereocenters. The number of methoxy groups -OCH3 is 1. The van der Waals surface area contributed by atoms with Gasteiger partial charge in [-0.3, -0.25) is 19.9 Å². The molecule has 2 aliphatic heterocycles. The molecule has 9 nitrogen and oxygen atoms in total. The molecule has 9 heteroatoms. The molecule has 0 aromatic heterocycles. The highest BCUT2D eigenvalue weighted by Crippen LogP contribution is 2.43. The molecular formula is C23H29N3O6. The van der Waals surface area contributed by atoms with E-state index in [1.807, 2.05) is 13.8 Å². The third-order valence-corrected chi connectivity index (χ3v) is 5.61. The fourth-order valence-corrected chi connectivity index (χ4v) is 4.24. The highest BCUT2D eigenvalue weighted by atomic mass is 16.6. The van der Waals surface area contributed by atoms with Crippen molar-refractivity contribution in [2.75, 3.05) is 26.9 Å². The fourth-order valence-electron chi connectivity index (χ4n) is 4.24. The second kappa shape index (κ2) is 9.60. The van der Waals surface area contributed by atoms with Crippen LogP contribution in [0.3, 0.4) is 0 Å². The second-order valence-electron chi connectivity index (χ2n) is 8.16. The zero-order valence-corrected chi connectivity index (χ0v) is 19.1. The van der Waals surface area contributed by atoms with E-state index in [1.54, 1.807) is 33.1 Å². The number of carbonyl (C=O) groups excluding carboxylic acids is 1. The van der Waals surface area contributed by atoms with E-state index in [1.165, 1.54) is 12.1 Å². The molecule has 2 heterocycles. The molecule has 0 spiro atoms. The van der Waals surface area contributed by atoms with E-state index in [0.717, 1.165) is 5.70 Å². The summed E-state index contributed by atoms with van der Waals surface area (Å²) in [7, 11) is 1.60. The average molecular weight is 444 g/mol. The molecule has 0 saturated carbocycles. The van der Waals surface area contributed by atoms with Crippen molar-refractivity contribution in [1.82, 2.24) is 0 Å². The van der Waals surface area contributed by atoms with Crippen molar-refractivity contribution in [1.29, 1.82) is 0 Å². The maximum Gasteiger partial charge on any atom is 0.315 e. The van der Waals surface area contributed by atoms with Gasteiger partial charge in [0.25, 0.3) is 5.69 Å². The van der Waals surface area contributed by atoms with Gasteiger partial charge in [-0.25, -0.2) is 4.99 Å². The lowest BCUT2D eigenvalue weighted by atomic mass is 9.75. The molecular weight excluding hydrogens is 414 g/mol. The van der Waals surface area contributed by atoms with Gasteiger partial charge in [0.05, 0.1) is 18.1 Å². The van der Waals surface area contributed by atoms with E-state index in [4.69, 9.17) is 24.2 Å². The van der Waals surface area contributed by atoms with Crippen molar-refractivity contribution in [3.63, 3.8) is 0 Å². The first-order valence-electron chi connectivity index (χ1n) is 10.7. The van der Waals surface area contributed by atoms with Crippen LogP contribution in [0.2, 0.25) is 0 Å². The lowest BCUT2D eigenvalue weighted by molar-refractivity contribution is -0.384. The first kappa shape index (κ1) is 23.6. The highest BCUT2D eigenvalue weighted by Gasteiger charge is 2.45. The number of nitro groups is 1. The predicted molar refractivity (Wildman–Crippen MR) is 120 cm³/mol. The number of nitrogens with zero attached hydrogens (tertiary/aromatic N) is 3. The molecule has 2 aliphatic rings. The molecule has 1 aromatic carbocycles. The molecule has 0 bridgehead atoms. The Kier molecular flexibility index (Phi) is 7.08. The molecule has 0 N–H and O–H groups in total. The molecule has 0 radical (unpaired) electrons. The second-order valence-corrected chi connectivity index (χ2v) is 8.16. The Balaban J connectivity index is 2.22. The summed E-state index contributed by atoms with van der Waals surface area (Å²) in [6, 6.07) is 6.31. The van der Waals surface area contributed by atoms with E-state index in [-0.39, 0.29) is 12.3 Å². The lowest BCUT2D eigenvalue weighted by Gasteiger charge is -2.32. The number of esters is 1. The Labute approximate surface area is 187 Å². The third kappa shape index (κ3) is 4.57. The molecule has 1 aromatic rings. The van der Waals surface area contributed by atoms with E-state index in [0.29, 0.717) is 42.4 Å². The van der Waals surface area contributed by atoms with E-state index in [9.17, 15) is 14.9 Å². The summed E-state index contributed by atoms with van der Waals surface area (Å²) in [4.78, 5) is 33.5. The maximum atomic E-state index is 13.0. The maximum absolute atomic E-state index is 13.0. The number of hydrogen-bond donors (Lipinski definition) is 0. The van der Waals surface area contributed by atoms with Gasteiger partial charge in [-0.1, -0.05) is 19.1 Å². The van der Waals surface area contributed by atoms with Crippen molar-refractivity contribution in [3.8, 4) is 0 Å². The Morgan fingerprint density at radius 3 is 2.75 bits per heavy atom. The number of aliphatic imine (C=N–C) groups is 2. The van der Waals surface area contributed by atoms with Crippen LogP contribution < -0.4 is 0 Å². The van der Waals surface area contributed by atoms with Crippen molar-refractivity contribution >= 4 is 23.3 Å². The normalized spacial score (nSPS) is 25.2. The summed E-state index contributed by atoms with van der Waals surface area (Å²) in [6.45, 7) is 8.33. The summed E-state index contributed by atoms with van der Waals surface area (Å²) >= 11 is 0. The van der Waals surface area contributed by atoms with Crippen LogP contribution in [0.15, 0.2) is 45.5 Å². The number of benzene rings is 1. The van der Waals surface area contributed by atoms with Gasteiger partial charge < -0.3 is 14.2 Å². The Bertz CT molecular complexity index is 999. The van der Waals surface area contributed by atoms with Gasteiger partial charge in [0.1, 0.15) is 18.1 Å². The largest absolute Gasteiger partial charge is 0.475 e. The molecule has 0 saturated heterocycles. The van der Waals surface area contributed by atoms with Gasteiger partial charge in [-0.05, 0) is 32.8 Å². The molecule has 0 aliphatic carbocycles. The third-order valence-electron chi connectivity index (χ3n) is 5.61. The molecule has 3 unspecified atom stereocenters. The number of allylic oxidation sites excluding steroid dienone is 1. The molecule has 0 amide bonds. The summed E-state index contributed by atoms with van der Waals surface area (Å²) in [5.41, 5.74) is 1.98. The summed E-state index contributed by atoms with van der Waals surface area (Å²) in [5, 5.41) is 11.4. The summed E-state index contributed by atoms with van der Waals surface area (Å²) < 4.78 is 16.7. The Morgan fingerprint density at radius 1 is 1.38 bits per heavy atom. The van der Waals surface area contributed by atoms with Crippen molar-refractivity contribution in [2.24, 2.45) is 15.9 Å². The minimum absolute atomic E-state index is 0.0545. The van der Waals surface area contributed by atoms with E-state index >= 15 is 0 Å². The molecule has 0 fully saturated rings. The van der Waals surface area contributed by atoms with Crippen molar-refractivity contribution in [3.05, 3.63) is 51.2 Å². The Morgan fingerprint density at radius 2 is 2.12 bits per heavy atom. The average Bonchev–Trinajstić information content (AvgIpc) is 3.14. The van der Waals surface area contributed by atoms with Crippen LogP contribution in [0.25, 0.3) is 0 Å². The molecule has 32 heavy (non-hydrogen) atoms. The van der Waals surface area contributed by atoms with Crippen LogP contribution in [-0.2, 0) is 19.0 Å². The van der Waals surface area contributed by atoms with E-state index < -0.39 is 28.3 Å². The standard InChI is InChI=1S/C23H29N3O6/c1-6-17-20(21-25-23(4,12-30-5)13-32-21)19(15-9-8-10-16(11-15)26(28)29)18(14(3)24-17)22(27)31-7-2/h8-11,18-19H,6-7,12-13H2,1-5H3. The first-order chi connectivity index (χ1) is 15.2.